The molecule has 1 amide bonds. The van der Waals surface area contributed by atoms with Gasteiger partial charge in [0, 0.05) is 25.5 Å². The zero-order valence-corrected chi connectivity index (χ0v) is 12.7. The lowest BCUT2D eigenvalue weighted by Gasteiger charge is -2.24. The highest BCUT2D eigenvalue weighted by Gasteiger charge is 2.16. The summed E-state index contributed by atoms with van der Waals surface area (Å²) in [6.45, 7) is 1.86. The standard InChI is InChI=1S/C14H18N8O/c23-13(17-16-10-12-4-6-15-7-5-12)11-22-19-14(18-20-22)21-8-2-1-3-9-21/h4-7,10H,1-3,8-9,11H2,(H,17,23). The van der Waals surface area contributed by atoms with Gasteiger partial charge in [0.25, 0.3) is 11.9 Å². The van der Waals surface area contributed by atoms with Crippen LogP contribution in [0.15, 0.2) is 29.6 Å². The molecule has 2 aromatic heterocycles. The first-order valence-electron chi connectivity index (χ1n) is 7.56. The van der Waals surface area contributed by atoms with Gasteiger partial charge in [0.05, 0.1) is 6.21 Å². The van der Waals surface area contributed by atoms with Crippen LogP contribution in [0.1, 0.15) is 24.8 Å². The third kappa shape index (κ3) is 4.31. The molecule has 0 spiro atoms. The Labute approximate surface area is 133 Å². The molecular formula is C14H18N8O. The van der Waals surface area contributed by atoms with Crippen molar-refractivity contribution in [2.45, 2.75) is 25.8 Å². The fraction of sp³-hybridized carbons (Fsp3) is 0.429. The van der Waals surface area contributed by atoms with Crippen LogP contribution in [0.3, 0.4) is 0 Å². The van der Waals surface area contributed by atoms with Crippen LogP contribution >= 0.6 is 0 Å². The number of hydrogen-bond donors (Lipinski definition) is 1. The summed E-state index contributed by atoms with van der Waals surface area (Å²) >= 11 is 0. The van der Waals surface area contributed by atoms with Crippen LogP contribution in [0, 0.1) is 0 Å². The summed E-state index contributed by atoms with van der Waals surface area (Å²) in [7, 11) is 0. The van der Waals surface area contributed by atoms with Crippen molar-refractivity contribution in [1.29, 1.82) is 0 Å². The van der Waals surface area contributed by atoms with Gasteiger partial charge in [0.15, 0.2) is 0 Å². The van der Waals surface area contributed by atoms with Crippen molar-refractivity contribution in [2.75, 3.05) is 18.0 Å². The molecule has 23 heavy (non-hydrogen) atoms. The van der Waals surface area contributed by atoms with E-state index in [1.165, 1.54) is 11.2 Å². The van der Waals surface area contributed by atoms with Crippen molar-refractivity contribution in [3.8, 4) is 0 Å². The number of pyridine rings is 1. The molecular weight excluding hydrogens is 296 g/mol. The number of amides is 1. The minimum Gasteiger partial charge on any atom is -0.338 e. The Morgan fingerprint density at radius 3 is 2.83 bits per heavy atom. The maximum absolute atomic E-state index is 11.8. The summed E-state index contributed by atoms with van der Waals surface area (Å²) in [5, 5.41) is 16.0. The molecule has 9 nitrogen and oxygen atoms in total. The Bertz CT molecular complexity index is 662. The van der Waals surface area contributed by atoms with Crippen molar-refractivity contribution < 1.29 is 4.79 Å². The van der Waals surface area contributed by atoms with E-state index in [0.717, 1.165) is 31.5 Å². The third-order valence-electron chi connectivity index (χ3n) is 3.48. The smallest absolute Gasteiger partial charge is 0.266 e. The zero-order chi connectivity index (χ0) is 15.9. The number of nitrogens with one attached hydrogen (secondary N) is 1. The van der Waals surface area contributed by atoms with Gasteiger partial charge in [-0.3, -0.25) is 9.78 Å². The van der Waals surface area contributed by atoms with E-state index in [1.54, 1.807) is 30.7 Å². The van der Waals surface area contributed by atoms with E-state index in [1.807, 2.05) is 0 Å². The molecule has 0 unspecified atom stereocenters. The van der Waals surface area contributed by atoms with Crippen molar-refractivity contribution >= 4 is 18.1 Å². The molecule has 1 saturated heterocycles. The maximum atomic E-state index is 11.8. The van der Waals surface area contributed by atoms with E-state index >= 15 is 0 Å². The Hall–Kier alpha value is -2.84. The molecule has 3 rings (SSSR count). The lowest BCUT2D eigenvalue weighted by molar-refractivity contribution is -0.122. The quantitative estimate of drug-likeness (QED) is 0.625. The highest BCUT2D eigenvalue weighted by atomic mass is 16.2. The molecule has 0 saturated carbocycles. The van der Waals surface area contributed by atoms with E-state index < -0.39 is 0 Å². The Morgan fingerprint density at radius 2 is 2.04 bits per heavy atom. The van der Waals surface area contributed by atoms with Gasteiger partial charge in [-0.05, 0) is 42.2 Å². The van der Waals surface area contributed by atoms with Gasteiger partial charge in [0.1, 0.15) is 6.54 Å². The number of tetrazole rings is 1. The number of hydrogen-bond acceptors (Lipinski definition) is 7. The predicted molar refractivity (Wildman–Crippen MR) is 83.9 cm³/mol. The minimum atomic E-state index is -0.307. The molecule has 0 bridgehead atoms. The minimum absolute atomic E-state index is 0.0193. The SMILES string of the molecule is O=C(Cn1nnc(N2CCCCC2)n1)NN=Cc1ccncc1. The number of nitrogens with zero attached hydrogens (tertiary/aromatic N) is 7. The molecule has 9 heteroatoms. The molecule has 0 radical (unpaired) electrons. The van der Waals surface area contributed by atoms with Gasteiger partial charge in [-0.15, -0.1) is 5.10 Å². The second-order valence-electron chi connectivity index (χ2n) is 5.24. The largest absolute Gasteiger partial charge is 0.338 e. The van der Waals surface area contributed by atoms with Crippen molar-refractivity contribution in [3.63, 3.8) is 0 Å². The Kier molecular flexibility index (Phi) is 4.87. The number of anilines is 1. The molecule has 120 valence electrons. The topological polar surface area (TPSA) is 101 Å². The van der Waals surface area contributed by atoms with Crippen molar-refractivity contribution in [1.82, 2.24) is 30.6 Å². The second-order valence-corrected chi connectivity index (χ2v) is 5.24. The van der Waals surface area contributed by atoms with Crippen LogP contribution in [0.5, 0.6) is 0 Å². The van der Waals surface area contributed by atoms with Gasteiger partial charge in [-0.1, -0.05) is 5.10 Å². The van der Waals surface area contributed by atoms with Crippen LogP contribution in [0.4, 0.5) is 5.95 Å². The van der Waals surface area contributed by atoms with Crippen LogP contribution in [0.2, 0.25) is 0 Å². The highest BCUT2D eigenvalue weighted by Crippen LogP contribution is 2.13. The van der Waals surface area contributed by atoms with Gasteiger partial charge >= 0.3 is 0 Å². The number of aromatic nitrogens is 5. The monoisotopic (exact) mass is 314 g/mol. The zero-order valence-electron chi connectivity index (χ0n) is 12.7. The normalized spacial score (nSPS) is 15.0. The average Bonchev–Trinajstić information content (AvgIpc) is 3.05. The molecule has 0 aliphatic carbocycles. The van der Waals surface area contributed by atoms with Crippen LogP contribution in [-0.2, 0) is 11.3 Å². The first-order chi connectivity index (χ1) is 11.3. The third-order valence-corrected chi connectivity index (χ3v) is 3.48. The number of carbonyl (C=O) groups is 1. The summed E-state index contributed by atoms with van der Waals surface area (Å²) in [6.07, 6.45) is 8.38. The van der Waals surface area contributed by atoms with Gasteiger partial charge in [0.2, 0.25) is 0 Å². The van der Waals surface area contributed by atoms with Gasteiger partial charge < -0.3 is 4.90 Å². The van der Waals surface area contributed by atoms with Crippen LogP contribution < -0.4 is 10.3 Å². The highest BCUT2D eigenvalue weighted by molar-refractivity contribution is 5.81. The Morgan fingerprint density at radius 1 is 1.26 bits per heavy atom. The molecule has 2 aromatic rings. The van der Waals surface area contributed by atoms with Gasteiger partial charge in [-0.25, -0.2) is 5.43 Å². The van der Waals surface area contributed by atoms with E-state index in [9.17, 15) is 4.79 Å². The van der Waals surface area contributed by atoms with Crippen LogP contribution in [-0.4, -0.2) is 50.4 Å². The fourth-order valence-electron chi connectivity index (χ4n) is 2.31. The summed E-state index contributed by atoms with van der Waals surface area (Å²) in [4.78, 5) is 19.1. The maximum Gasteiger partial charge on any atom is 0.266 e. The van der Waals surface area contributed by atoms with Gasteiger partial charge in [-0.2, -0.15) is 9.90 Å². The molecule has 1 aliphatic rings. The molecule has 1 fully saturated rings. The van der Waals surface area contributed by atoms with E-state index in [0.29, 0.717) is 5.95 Å². The summed E-state index contributed by atoms with van der Waals surface area (Å²) in [5.41, 5.74) is 3.29. The number of carbonyl (C=O) groups excluding carboxylic acids is 1. The van der Waals surface area contributed by atoms with Crippen molar-refractivity contribution in [2.24, 2.45) is 5.10 Å². The predicted octanol–water partition coefficient (Wildman–Crippen LogP) is 0.209. The van der Waals surface area contributed by atoms with Crippen molar-refractivity contribution in [3.05, 3.63) is 30.1 Å². The lowest BCUT2D eigenvalue weighted by atomic mass is 10.1. The fourth-order valence-corrected chi connectivity index (χ4v) is 2.31. The first-order valence-corrected chi connectivity index (χ1v) is 7.56. The summed E-state index contributed by atoms with van der Waals surface area (Å²) in [6, 6.07) is 3.58. The molecule has 0 atom stereocenters. The van der Waals surface area contributed by atoms with E-state index in [-0.39, 0.29) is 12.5 Å². The summed E-state index contributed by atoms with van der Waals surface area (Å²) in [5.74, 6) is 0.274. The lowest BCUT2D eigenvalue weighted by Crippen LogP contribution is -2.30. The average molecular weight is 314 g/mol. The number of hydrazone groups is 1. The molecule has 1 N–H and O–H groups in total. The molecule has 3 heterocycles. The van der Waals surface area contributed by atoms with Crippen LogP contribution in [0.25, 0.3) is 0 Å². The molecule has 1 aliphatic heterocycles. The number of piperidine rings is 1. The summed E-state index contributed by atoms with van der Waals surface area (Å²) < 4.78 is 0. The molecule has 0 aromatic carbocycles. The number of rotatable bonds is 5. The second kappa shape index (κ2) is 7.43. The van der Waals surface area contributed by atoms with E-state index in [4.69, 9.17) is 0 Å². The van der Waals surface area contributed by atoms with E-state index in [2.05, 4.69) is 35.8 Å². The first kappa shape index (κ1) is 15.1. The Balaban J connectivity index is 1.50.